The minimum Gasteiger partial charge on any atom is -0.526 e. The van der Waals surface area contributed by atoms with Crippen molar-refractivity contribution in [1.82, 2.24) is 9.97 Å². The summed E-state index contributed by atoms with van der Waals surface area (Å²) >= 11 is 0. The zero-order valence-corrected chi connectivity index (χ0v) is 24.4. The Labute approximate surface area is 262 Å². The lowest BCUT2D eigenvalue weighted by molar-refractivity contribution is 0.459. The van der Waals surface area contributed by atoms with E-state index in [2.05, 4.69) is 131 Å². The van der Waals surface area contributed by atoms with E-state index in [1.54, 1.807) is 0 Å². The highest BCUT2D eigenvalue weighted by Gasteiger charge is 2.16. The van der Waals surface area contributed by atoms with Crippen LogP contribution >= 0.6 is 0 Å². The van der Waals surface area contributed by atoms with Crippen LogP contribution in [0.15, 0.2) is 158 Å². The molecule has 2 aromatic heterocycles. The first-order chi connectivity index (χ1) is 22.3. The van der Waals surface area contributed by atoms with E-state index in [0.717, 1.165) is 44.7 Å². The number of rotatable bonds is 8. The molecule has 0 aliphatic rings. The summed E-state index contributed by atoms with van der Waals surface area (Å²) in [7, 11) is 1.38. The van der Waals surface area contributed by atoms with Crippen LogP contribution in [-0.4, -0.2) is 17.7 Å². The van der Waals surface area contributed by atoms with E-state index in [-0.39, 0.29) is 0 Å². The fraction of sp³-hybridized carbons (Fsp3) is 0. The molecular weight excluding hydrogens is 551 g/mol. The van der Waals surface area contributed by atoms with Gasteiger partial charge >= 0.3 is 7.69 Å². The van der Waals surface area contributed by atoms with Crippen molar-refractivity contribution in [3.63, 3.8) is 0 Å². The van der Waals surface area contributed by atoms with Crippen molar-refractivity contribution >= 4 is 29.5 Å². The number of fused-ring (bicyclic) bond motifs is 2. The second-order valence-electron chi connectivity index (χ2n) is 11.0. The molecule has 0 atom stereocenters. The average Bonchev–Trinajstić information content (AvgIpc) is 3.69. The van der Waals surface area contributed by atoms with Gasteiger partial charge in [-0.15, -0.1) is 0 Å². The van der Waals surface area contributed by atoms with Crippen molar-refractivity contribution in [3.8, 4) is 56.3 Å². The number of para-hydroxylation sites is 2. The van der Waals surface area contributed by atoms with Gasteiger partial charge in [-0.3, -0.25) is 0 Å². The van der Waals surface area contributed by atoms with Gasteiger partial charge in [0.25, 0.3) is 0 Å². The molecule has 5 heteroatoms. The third-order valence-corrected chi connectivity index (χ3v) is 8.19. The van der Waals surface area contributed by atoms with Gasteiger partial charge in [0.15, 0.2) is 0 Å². The summed E-state index contributed by atoms with van der Waals surface area (Å²) in [5.41, 5.74) is 11.3. The Hall–Kier alpha value is -5.94. The number of hydrogen-bond donors (Lipinski definition) is 2. The van der Waals surface area contributed by atoms with Crippen LogP contribution in [0.2, 0.25) is 0 Å². The molecule has 0 aliphatic carbocycles. The van der Waals surface area contributed by atoms with Crippen LogP contribution in [0.25, 0.3) is 66.6 Å². The van der Waals surface area contributed by atoms with Crippen molar-refractivity contribution in [1.29, 1.82) is 0 Å². The Morgan fingerprint density at radius 3 is 1.16 bits per heavy atom. The molecule has 0 saturated heterocycles. The number of hydrogen-bond acceptors (Lipinski definition) is 2. The van der Waals surface area contributed by atoms with Gasteiger partial charge in [-0.2, -0.15) is 0 Å². The van der Waals surface area contributed by atoms with Crippen LogP contribution in [0, 0.1) is 0 Å². The van der Waals surface area contributed by atoms with E-state index in [9.17, 15) is 0 Å². The monoisotopic (exact) mass is 579 g/mol. The second-order valence-corrected chi connectivity index (χ2v) is 11.0. The van der Waals surface area contributed by atoms with E-state index < -0.39 is 0 Å². The fourth-order valence-electron chi connectivity index (χ4n) is 6.06. The smallest absolute Gasteiger partial charge is 0.526 e. The predicted octanol–water partition coefficient (Wildman–Crippen LogP) is 10.3. The largest absolute Gasteiger partial charge is 0.658 e. The molecule has 2 N–H and O–H groups in total. The Bertz CT molecular complexity index is 2060. The topological polar surface area (TPSA) is 50.0 Å². The quantitative estimate of drug-likeness (QED) is 0.176. The maximum absolute atomic E-state index is 5.86. The Balaban J connectivity index is 0.990. The maximum atomic E-state index is 5.86. The predicted molar refractivity (Wildman–Crippen MR) is 185 cm³/mol. The Morgan fingerprint density at radius 2 is 0.733 bits per heavy atom. The molecule has 8 aromatic rings. The molecule has 6 aromatic carbocycles. The molecule has 0 saturated carbocycles. The number of benzene rings is 6. The highest BCUT2D eigenvalue weighted by Crippen LogP contribution is 2.40. The van der Waals surface area contributed by atoms with Crippen LogP contribution in [-0.2, 0) is 0 Å². The molecule has 1 radical (unpaired) electrons. The number of H-pyrrole nitrogens is 2. The van der Waals surface area contributed by atoms with E-state index in [1.807, 2.05) is 36.4 Å². The molecule has 0 bridgehead atoms. The Morgan fingerprint density at radius 1 is 0.356 bits per heavy atom. The molecule has 2 heterocycles. The van der Waals surface area contributed by atoms with E-state index >= 15 is 0 Å². The van der Waals surface area contributed by atoms with E-state index in [0.29, 0.717) is 11.5 Å². The SMILES string of the molecule is [B](Oc1ccc(-c2c(-c3ccccc3)[nH]c3ccccc23)cc1)Oc1ccc(-c2c(-c3ccccc3)[nH]c3ccccc23)cc1. The summed E-state index contributed by atoms with van der Waals surface area (Å²) in [6.07, 6.45) is 0. The molecule has 0 amide bonds. The normalized spacial score (nSPS) is 11.1. The highest BCUT2D eigenvalue weighted by atomic mass is 16.6. The second kappa shape index (κ2) is 11.6. The molecule has 0 aliphatic heterocycles. The summed E-state index contributed by atoms with van der Waals surface area (Å²) < 4.78 is 11.7. The van der Waals surface area contributed by atoms with Gasteiger partial charge in [-0.25, -0.2) is 0 Å². The summed E-state index contributed by atoms with van der Waals surface area (Å²) in [6, 6.07) is 53.9. The maximum Gasteiger partial charge on any atom is 0.658 e. The minimum absolute atomic E-state index is 0.697. The molecule has 213 valence electrons. The van der Waals surface area contributed by atoms with Gasteiger partial charge in [0.05, 0.1) is 11.4 Å². The van der Waals surface area contributed by atoms with Gasteiger partial charge in [0, 0.05) is 32.9 Å². The standard InChI is InChI=1S/C40H28BN2O2/c1-3-11-29(12-4-1)39-37(33-15-7-9-17-35(33)42-39)27-19-23-31(24-20-27)44-41-45-32-25-21-28(22-26-32)38-34-16-8-10-18-36(34)43-40(38)30-13-5-2-6-14-30/h1-26,42-43H. The molecule has 45 heavy (non-hydrogen) atoms. The van der Waals surface area contributed by atoms with Gasteiger partial charge in [0.2, 0.25) is 0 Å². The van der Waals surface area contributed by atoms with Crippen molar-refractivity contribution in [2.45, 2.75) is 0 Å². The summed E-state index contributed by atoms with van der Waals surface area (Å²) in [6.45, 7) is 0. The van der Waals surface area contributed by atoms with Crippen LogP contribution in [0.5, 0.6) is 11.5 Å². The van der Waals surface area contributed by atoms with Crippen molar-refractivity contribution < 1.29 is 9.31 Å². The lowest BCUT2D eigenvalue weighted by Crippen LogP contribution is -2.10. The third kappa shape index (κ3) is 5.15. The minimum atomic E-state index is 0.697. The van der Waals surface area contributed by atoms with E-state index in [4.69, 9.17) is 9.31 Å². The summed E-state index contributed by atoms with van der Waals surface area (Å²) in [4.78, 5) is 7.24. The summed E-state index contributed by atoms with van der Waals surface area (Å²) in [5.74, 6) is 1.39. The van der Waals surface area contributed by atoms with Crippen molar-refractivity contribution in [3.05, 3.63) is 158 Å². The molecule has 0 spiro atoms. The van der Waals surface area contributed by atoms with Crippen molar-refractivity contribution in [2.75, 3.05) is 0 Å². The molecule has 4 nitrogen and oxygen atoms in total. The lowest BCUT2D eigenvalue weighted by Gasteiger charge is -2.10. The Kier molecular flexibility index (Phi) is 6.89. The van der Waals surface area contributed by atoms with Gasteiger partial charge in [0.1, 0.15) is 11.5 Å². The van der Waals surface area contributed by atoms with E-state index in [1.165, 1.54) is 29.6 Å². The van der Waals surface area contributed by atoms with Gasteiger partial charge in [-0.05, 0) is 58.7 Å². The zero-order valence-electron chi connectivity index (χ0n) is 24.4. The van der Waals surface area contributed by atoms with Crippen LogP contribution in [0.4, 0.5) is 0 Å². The molecule has 8 rings (SSSR count). The number of aromatic nitrogens is 2. The first-order valence-electron chi connectivity index (χ1n) is 15.0. The van der Waals surface area contributed by atoms with Gasteiger partial charge < -0.3 is 19.3 Å². The molecule has 0 fully saturated rings. The average molecular weight is 579 g/mol. The fourth-order valence-corrected chi connectivity index (χ4v) is 6.06. The van der Waals surface area contributed by atoms with Gasteiger partial charge in [-0.1, -0.05) is 121 Å². The lowest BCUT2D eigenvalue weighted by atomic mass is 9.98. The first kappa shape index (κ1) is 26.7. The number of aromatic amines is 2. The van der Waals surface area contributed by atoms with Crippen LogP contribution in [0.3, 0.4) is 0 Å². The zero-order chi connectivity index (χ0) is 30.0. The van der Waals surface area contributed by atoms with Crippen LogP contribution < -0.4 is 9.31 Å². The molecule has 0 unspecified atom stereocenters. The van der Waals surface area contributed by atoms with Crippen LogP contribution in [0.1, 0.15) is 0 Å². The first-order valence-corrected chi connectivity index (χ1v) is 15.0. The summed E-state index contributed by atoms with van der Waals surface area (Å²) in [5, 5.41) is 2.37. The third-order valence-electron chi connectivity index (χ3n) is 8.19. The highest BCUT2D eigenvalue weighted by molar-refractivity contribution is 6.20. The van der Waals surface area contributed by atoms with Crippen molar-refractivity contribution in [2.24, 2.45) is 0 Å². The number of nitrogens with one attached hydrogen (secondary N) is 2. The molecular formula is C40H28BN2O2.